The fourth-order valence-electron chi connectivity index (χ4n) is 9.24. The van der Waals surface area contributed by atoms with Gasteiger partial charge in [-0.2, -0.15) is 0 Å². The van der Waals surface area contributed by atoms with Crippen LogP contribution in [0.15, 0.2) is 72.9 Å². The van der Waals surface area contributed by atoms with Crippen molar-refractivity contribution in [1.82, 2.24) is 5.32 Å². The van der Waals surface area contributed by atoms with Gasteiger partial charge in [0.2, 0.25) is 5.91 Å². The van der Waals surface area contributed by atoms with Crippen LogP contribution in [0.1, 0.15) is 290 Å². The van der Waals surface area contributed by atoms with Crippen LogP contribution in [0.4, 0.5) is 0 Å². The topological polar surface area (TPSA) is 108 Å². The number of likely N-dealkylation sites (N-methyl/N-ethyl adjacent to an activating group) is 1. The maximum absolute atomic E-state index is 13.0. The number of hydrogen-bond acceptors (Lipinski definition) is 6. The summed E-state index contributed by atoms with van der Waals surface area (Å²) in [6, 6.07) is -0.895. The lowest BCUT2D eigenvalue weighted by Gasteiger charge is -2.29. The molecule has 0 bridgehead atoms. The van der Waals surface area contributed by atoms with E-state index in [1.54, 1.807) is 6.08 Å². The average Bonchev–Trinajstić information content (AvgIpc) is 3.37. The first-order valence-corrected chi connectivity index (χ1v) is 33.3. The Morgan fingerprint density at radius 3 is 1.19 bits per heavy atom. The lowest BCUT2D eigenvalue weighted by molar-refractivity contribution is -0.870. The Kier molecular flexibility index (Phi) is 55.1. The molecule has 0 aliphatic rings. The molecule has 0 aromatic heterocycles. The van der Waals surface area contributed by atoms with Crippen molar-refractivity contribution in [1.29, 1.82) is 0 Å². The maximum atomic E-state index is 13.0. The molecule has 1 amide bonds. The normalized spacial score (nSPS) is 14.3. The van der Waals surface area contributed by atoms with E-state index in [1.165, 1.54) is 193 Å². The van der Waals surface area contributed by atoms with E-state index in [1.807, 2.05) is 27.2 Å². The van der Waals surface area contributed by atoms with Gasteiger partial charge in [0.25, 0.3) is 7.82 Å². The SMILES string of the molecule is CC/C=C\C/C=C\C/C=C\C/C=C\C/C=C\CCCCCCCCCCCC(=O)NC(COP(=O)([O-])OCC[N+](C)(C)C)C(O)/C=C/CCCCCCCCCCCCCCCCCCCCCCCCCCCC. The number of nitrogens with one attached hydrogen (secondary N) is 1. The molecule has 0 saturated heterocycles. The van der Waals surface area contributed by atoms with Crippen molar-refractivity contribution in [2.24, 2.45) is 0 Å². The molecule has 3 unspecified atom stereocenters. The number of amides is 1. The predicted octanol–water partition coefficient (Wildman–Crippen LogP) is 19.2. The zero-order chi connectivity index (χ0) is 54.9. The number of aliphatic hydroxyl groups is 1. The second kappa shape index (κ2) is 56.7. The van der Waals surface area contributed by atoms with Crippen LogP contribution in [-0.2, 0) is 18.4 Å². The minimum atomic E-state index is -4.61. The van der Waals surface area contributed by atoms with Gasteiger partial charge >= 0.3 is 0 Å². The van der Waals surface area contributed by atoms with Crippen molar-refractivity contribution in [3.63, 3.8) is 0 Å². The molecule has 0 spiro atoms. The largest absolute Gasteiger partial charge is 0.756 e. The van der Waals surface area contributed by atoms with E-state index in [4.69, 9.17) is 9.05 Å². The molecular formula is C66H123N2O6P. The Hall–Kier alpha value is -2.06. The summed E-state index contributed by atoms with van der Waals surface area (Å²) in [5.74, 6) is -0.203. The number of phosphoric ester groups is 1. The summed E-state index contributed by atoms with van der Waals surface area (Å²) in [7, 11) is 1.26. The van der Waals surface area contributed by atoms with Gasteiger partial charge in [0, 0.05) is 6.42 Å². The van der Waals surface area contributed by atoms with Crippen LogP contribution in [0.2, 0.25) is 0 Å². The number of allylic oxidation sites excluding steroid dienone is 11. The number of unbranched alkanes of at least 4 members (excludes halogenated alkanes) is 35. The fraction of sp³-hybridized carbons (Fsp3) is 0.803. The van der Waals surface area contributed by atoms with Crippen molar-refractivity contribution in [2.75, 3.05) is 40.9 Å². The summed E-state index contributed by atoms with van der Waals surface area (Å²) in [4.78, 5) is 25.6. The van der Waals surface area contributed by atoms with Crippen molar-refractivity contribution < 1.29 is 32.9 Å². The smallest absolute Gasteiger partial charge is 0.268 e. The summed E-state index contributed by atoms with van der Waals surface area (Å²) in [6.45, 7) is 4.56. The van der Waals surface area contributed by atoms with Crippen LogP contribution < -0.4 is 10.2 Å². The third-order valence-corrected chi connectivity index (χ3v) is 15.1. The number of quaternary nitrogens is 1. The number of carbonyl (C=O) groups excluding carboxylic acids is 1. The number of phosphoric acid groups is 1. The van der Waals surface area contributed by atoms with Gasteiger partial charge in [-0.15, -0.1) is 0 Å². The van der Waals surface area contributed by atoms with E-state index in [-0.39, 0.29) is 19.1 Å². The van der Waals surface area contributed by atoms with Gasteiger partial charge in [-0.05, 0) is 64.2 Å². The molecule has 438 valence electrons. The van der Waals surface area contributed by atoms with Gasteiger partial charge in [0.05, 0.1) is 39.9 Å². The molecule has 0 rings (SSSR count). The second-order valence-corrected chi connectivity index (χ2v) is 24.1. The Bertz CT molecular complexity index is 1450. The summed E-state index contributed by atoms with van der Waals surface area (Å²) in [6.07, 6.45) is 78.5. The Morgan fingerprint density at radius 1 is 0.480 bits per heavy atom. The lowest BCUT2D eigenvalue weighted by Crippen LogP contribution is -2.45. The highest BCUT2D eigenvalue weighted by Gasteiger charge is 2.23. The fourth-order valence-corrected chi connectivity index (χ4v) is 9.96. The third kappa shape index (κ3) is 59.4. The predicted molar refractivity (Wildman–Crippen MR) is 325 cm³/mol. The van der Waals surface area contributed by atoms with Gasteiger partial charge in [-0.1, -0.05) is 292 Å². The number of rotatable bonds is 58. The van der Waals surface area contributed by atoms with Crippen LogP contribution in [0, 0.1) is 0 Å². The average molecular weight is 1070 g/mol. The zero-order valence-corrected chi connectivity index (χ0v) is 50.9. The highest BCUT2D eigenvalue weighted by molar-refractivity contribution is 7.45. The first kappa shape index (κ1) is 72.9. The Balaban J connectivity index is 4.17. The number of carbonyl (C=O) groups is 1. The minimum absolute atomic E-state index is 0.00476. The second-order valence-electron chi connectivity index (χ2n) is 22.7. The molecule has 0 saturated carbocycles. The molecule has 0 heterocycles. The van der Waals surface area contributed by atoms with E-state index >= 15 is 0 Å². The van der Waals surface area contributed by atoms with Crippen LogP contribution in [0.5, 0.6) is 0 Å². The van der Waals surface area contributed by atoms with E-state index in [2.05, 4.69) is 79.9 Å². The highest BCUT2D eigenvalue weighted by Crippen LogP contribution is 2.38. The molecule has 2 N–H and O–H groups in total. The van der Waals surface area contributed by atoms with Crippen molar-refractivity contribution in [2.45, 2.75) is 302 Å². The molecule has 3 atom stereocenters. The third-order valence-electron chi connectivity index (χ3n) is 14.2. The first-order chi connectivity index (χ1) is 36.5. The molecule has 0 aliphatic heterocycles. The molecule has 9 heteroatoms. The lowest BCUT2D eigenvalue weighted by atomic mass is 10.0. The van der Waals surface area contributed by atoms with Crippen LogP contribution >= 0.6 is 7.82 Å². The highest BCUT2D eigenvalue weighted by atomic mass is 31.2. The maximum Gasteiger partial charge on any atom is 0.268 e. The zero-order valence-electron chi connectivity index (χ0n) is 50.0. The number of nitrogens with zero attached hydrogens (tertiary/aromatic N) is 1. The molecule has 0 aromatic carbocycles. The Labute approximate surface area is 465 Å². The Morgan fingerprint density at radius 2 is 0.813 bits per heavy atom. The quantitative estimate of drug-likeness (QED) is 0.0272. The van der Waals surface area contributed by atoms with E-state index in [0.29, 0.717) is 17.4 Å². The molecule has 0 aliphatic carbocycles. The molecule has 8 nitrogen and oxygen atoms in total. The van der Waals surface area contributed by atoms with Crippen molar-refractivity contribution >= 4 is 13.7 Å². The molecule has 0 aromatic rings. The summed E-state index contributed by atoms with van der Waals surface area (Å²) < 4.78 is 23.4. The first-order valence-electron chi connectivity index (χ1n) is 31.8. The van der Waals surface area contributed by atoms with Crippen molar-refractivity contribution in [3.05, 3.63) is 72.9 Å². The van der Waals surface area contributed by atoms with Crippen molar-refractivity contribution in [3.8, 4) is 0 Å². The van der Waals surface area contributed by atoms with Gasteiger partial charge in [0.1, 0.15) is 13.2 Å². The number of aliphatic hydroxyl groups excluding tert-OH is 1. The van der Waals surface area contributed by atoms with E-state index in [9.17, 15) is 19.4 Å². The van der Waals surface area contributed by atoms with Crippen LogP contribution in [0.25, 0.3) is 0 Å². The summed E-state index contributed by atoms with van der Waals surface area (Å²) >= 11 is 0. The standard InChI is InChI=1S/C66H123N2O6P/c1-6-8-10-12-14-16-18-20-22-24-26-28-30-32-33-34-36-37-39-41-43-45-47-49-51-53-55-57-59-65(69)64(63-74-75(71,72)73-62-61-68(3,4)5)67-66(70)60-58-56-54-52-50-48-46-44-42-40-38-35-31-29-27-25-23-21-19-17-15-13-11-9-7-2/h9,11,15,17,21,23,27,29,35,38,57,59,64-65,69H,6-8,10,12-14,16,18-20,22,24-26,28,30-34,36-37,39-56,58,60-63H2,1-5H3,(H-,67,70,71,72)/b11-9-,17-15-,23-21-,29-27-,38-35-,59-57+. The molecule has 0 radical (unpaired) electrons. The molecule has 0 fully saturated rings. The van der Waals surface area contributed by atoms with Gasteiger partial charge in [-0.3, -0.25) is 9.36 Å². The van der Waals surface area contributed by atoms with Gasteiger partial charge < -0.3 is 28.8 Å². The number of hydrogen-bond donors (Lipinski definition) is 2. The summed E-state index contributed by atoms with van der Waals surface area (Å²) in [5.41, 5.74) is 0. The molecule has 75 heavy (non-hydrogen) atoms. The van der Waals surface area contributed by atoms with E-state index in [0.717, 1.165) is 77.0 Å². The monoisotopic (exact) mass is 1070 g/mol. The van der Waals surface area contributed by atoms with Crippen LogP contribution in [0.3, 0.4) is 0 Å². The van der Waals surface area contributed by atoms with Gasteiger partial charge in [0.15, 0.2) is 0 Å². The minimum Gasteiger partial charge on any atom is -0.756 e. The molecular weight excluding hydrogens is 948 g/mol. The van der Waals surface area contributed by atoms with Crippen LogP contribution in [-0.4, -0.2) is 68.5 Å². The summed E-state index contributed by atoms with van der Waals surface area (Å²) in [5, 5.41) is 13.9. The van der Waals surface area contributed by atoms with E-state index < -0.39 is 20.0 Å². The van der Waals surface area contributed by atoms with Gasteiger partial charge in [-0.25, -0.2) is 0 Å².